The van der Waals surface area contributed by atoms with Gasteiger partial charge in [-0.15, -0.1) is 0 Å². The number of rotatable bonds is 5. The maximum atomic E-state index is 11.3. The number of nitrogens with zero attached hydrogens (tertiary/aromatic N) is 2. The molecule has 1 amide bonds. The third kappa shape index (κ3) is 3.64. The van der Waals surface area contributed by atoms with Gasteiger partial charge in [0.05, 0.1) is 11.3 Å². The largest absolute Gasteiger partial charge is 0.399 e. The lowest BCUT2D eigenvalue weighted by Crippen LogP contribution is -2.30. The lowest BCUT2D eigenvalue weighted by molar-refractivity contribution is 0.100. The number of carbonyl (C=O) groups is 1. The first-order valence-corrected chi connectivity index (χ1v) is 5.47. The summed E-state index contributed by atoms with van der Waals surface area (Å²) in [4.78, 5) is 15.4. The van der Waals surface area contributed by atoms with Crippen LogP contribution >= 0.6 is 0 Å². The second-order valence-corrected chi connectivity index (χ2v) is 4.37. The van der Waals surface area contributed by atoms with Crippen molar-refractivity contribution >= 4 is 17.3 Å². The van der Waals surface area contributed by atoms with Crippen molar-refractivity contribution in [2.75, 3.05) is 44.9 Å². The number of nitrogen functional groups attached to an aromatic ring is 1. The van der Waals surface area contributed by atoms with Gasteiger partial charge in [0.2, 0.25) is 0 Å². The number of nitrogens with two attached hydrogens (primary N) is 2. The first-order valence-electron chi connectivity index (χ1n) is 5.47. The van der Waals surface area contributed by atoms with E-state index >= 15 is 0 Å². The van der Waals surface area contributed by atoms with Crippen molar-refractivity contribution in [2.24, 2.45) is 5.73 Å². The third-order valence-corrected chi connectivity index (χ3v) is 2.58. The van der Waals surface area contributed by atoms with Crippen LogP contribution in [0.2, 0.25) is 0 Å². The highest BCUT2D eigenvalue weighted by molar-refractivity contribution is 5.99. The second-order valence-electron chi connectivity index (χ2n) is 4.37. The summed E-state index contributed by atoms with van der Waals surface area (Å²) in [6.07, 6.45) is 0. The first-order chi connectivity index (χ1) is 7.91. The predicted octanol–water partition coefficient (Wildman–Crippen LogP) is 0.366. The molecule has 0 fully saturated rings. The predicted molar refractivity (Wildman–Crippen MR) is 71.2 cm³/mol. The van der Waals surface area contributed by atoms with Gasteiger partial charge in [-0.05, 0) is 32.3 Å². The quantitative estimate of drug-likeness (QED) is 0.724. The summed E-state index contributed by atoms with van der Waals surface area (Å²) in [6, 6.07) is 5.12. The number of hydrogen-bond acceptors (Lipinski definition) is 4. The Balaban J connectivity index is 2.94. The fourth-order valence-corrected chi connectivity index (χ4v) is 1.54. The smallest absolute Gasteiger partial charge is 0.250 e. The zero-order chi connectivity index (χ0) is 13.0. The number of primary amides is 1. The summed E-state index contributed by atoms with van der Waals surface area (Å²) in [6.45, 7) is 1.69. The SMILES string of the molecule is CN(C)CCN(C)c1cc(N)ccc1C(N)=O. The van der Waals surface area contributed by atoms with Gasteiger partial charge in [-0.25, -0.2) is 0 Å². The summed E-state index contributed by atoms with van der Waals surface area (Å²) < 4.78 is 0. The van der Waals surface area contributed by atoms with Crippen molar-refractivity contribution in [2.45, 2.75) is 0 Å². The summed E-state index contributed by atoms with van der Waals surface area (Å²) in [5, 5.41) is 0. The molecule has 0 bridgehead atoms. The summed E-state index contributed by atoms with van der Waals surface area (Å²) in [5.74, 6) is -0.434. The molecule has 0 aliphatic rings. The molecule has 0 atom stereocenters. The lowest BCUT2D eigenvalue weighted by atomic mass is 10.1. The monoisotopic (exact) mass is 236 g/mol. The number of anilines is 2. The van der Waals surface area contributed by atoms with E-state index in [9.17, 15) is 4.79 Å². The van der Waals surface area contributed by atoms with Gasteiger partial charge in [0, 0.05) is 25.8 Å². The van der Waals surface area contributed by atoms with Crippen molar-refractivity contribution in [3.05, 3.63) is 23.8 Å². The van der Waals surface area contributed by atoms with Crippen LogP contribution < -0.4 is 16.4 Å². The minimum absolute atomic E-state index is 0.434. The number of likely N-dealkylation sites (N-methyl/N-ethyl adjacent to an activating group) is 2. The fourth-order valence-electron chi connectivity index (χ4n) is 1.54. The van der Waals surface area contributed by atoms with Gasteiger partial charge in [-0.3, -0.25) is 4.79 Å². The molecule has 0 unspecified atom stereocenters. The molecule has 0 saturated heterocycles. The summed E-state index contributed by atoms with van der Waals surface area (Å²) in [7, 11) is 5.93. The molecule has 0 spiro atoms. The molecule has 0 aromatic heterocycles. The van der Waals surface area contributed by atoms with Crippen LogP contribution in [0.15, 0.2) is 18.2 Å². The average Bonchev–Trinajstić information content (AvgIpc) is 2.25. The Kier molecular flexibility index (Phi) is 4.34. The van der Waals surface area contributed by atoms with Gasteiger partial charge >= 0.3 is 0 Å². The normalized spacial score (nSPS) is 10.6. The molecule has 0 heterocycles. The van der Waals surface area contributed by atoms with E-state index in [1.54, 1.807) is 18.2 Å². The Hall–Kier alpha value is -1.75. The number of amides is 1. The number of benzene rings is 1. The van der Waals surface area contributed by atoms with Crippen molar-refractivity contribution in [3.63, 3.8) is 0 Å². The van der Waals surface area contributed by atoms with E-state index in [0.717, 1.165) is 18.8 Å². The van der Waals surface area contributed by atoms with Crippen LogP contribution in [0, 0.1) is 0 Å². The van der Waals surface area contributed by atoms with Crippen LogP contribution in [0.1, 0.15) is 10.4 Å². The molecule has 0 saturated carbocycles. The number of carbonyl (C=O) groups excluding carboxylic acids is 1. The van der Waals surface area contributed by atoms with Gasteiger partial charge in [0.1, 0.15) is 0 Å². The molecular weight excluding hydrogens is 216 g/mol. The maximum Gasteiger partial charge on any atom is 0.250 e. The Morgan fingerprint density at radius 2 is 1.88 bits per heavy atom. The molecule has 0 radical (unpaired) electrons. The summed E-state index contributed by atoms with van der Waals surface area (Å²) in [5.41, 5.74) is 13.0. The Morgan fingerprint density at radius 1 is 1.24 bits per heavy atom. The van der Waals surface area contributed by atoms with E-state index in [1.807, 2.05) is 26.0 Å². The van der Waals surface area contributed by atoms with E-state index in [1.165, 1.54) is 0 Å². The van der Waals surface area contributed by atoms with E-state index in [4.69, 9.17) is 11.5 Å². The minimum atomic E-state index is -0.434. The lowest BCUT2D eigenvalue weighted by Gasteiger charge is -2.23. The van der Waals surface area contributed by atoms with Crippen molar-refractivity contribution in [1.29, 1.82) is 0 Å². The van der Waals surface area contributed by atoms with Crippen LogP contribution in [0.25, 0.3) is 0 Å². The maximum absolute atomic E-state index is 11.3. The number of hydrogen-bond donors (Lipinski definition) is 2. The molecule has 4 N–H and O–H groups in total. The molecule has 0 aliphatic carbocycles. The van der Waals surface area contributed by atoms with Crippen LogP contribution in [-0.2, 0) is 0 Å². The zero-order valence-corrected chi connectivity index (χ0v) is 10.6. The van der Waals surface area contributed by atoms with Crippen molar-refractivity contribution in [3.8, 4) is 0 Å². The Bertz CT molecular complexity index is 403. The van der Waals surface area contributed by atoms with E-state index in [0.29, 0.717) is 11.3 Å². The van der Waals surface area contributed by atoms with Crippen LogP contribution in [-0.4, -0.2) is 45.0 Å². The van der Waals surface area contributed by atoms with E-state index < -0.39 is 5.91 Å². The first kappa shape index (κ1) is 13.3. The molecule has 17 heavy (non-hydrogen) atoms. The second kappa shape index (κ2) is 5.54. The highest BCUT2D eigenvalue weighted by atomic mass is 16.1. The minimum Gasteiger partial charge on any atom is -0.399 e. The molecule has 1 aromatic carbocycles. The van der Waals surface area contributed by atoms with E-state index in [2.05, 4.69) is 4.90 Å². The standard InChI is InChI=1S/C12H20N4O/c1-15(2)6-7-16(3)11-8-9(13)4-5-10(11)12(14)17/h4-5,8H,6-7,13H2,1-3H3,(H2,14,17). The zero-order valence-electron chi connectivity index (χ0n) is 10.6. The molecule has 1 rings (SSSR count). The average molecular weight is 236 g/mol. The fraction of sp³-hybridized carbons (Fsp3) is 0.417. The third-order valence-electron chi connectivity index (χ3n) is 2.58. The molecule has 0 aliphatic heterocycles. The Labute approximate surface area is 102 Å². The van der Waals surface area contributed by atoms with Gasteiger partial charge in [-0.2, -0.15) is 0 Å². The topological polar surface area (TPSA) is 75.6 Å². The molecule has 5 heteroatoms. The van der Waals surface area contributed by atoms with E-state index in [-0.39, 0.29) is 0 Å². The summed E-state index contributed by atoms with van der Waals surface area (Å²) >= 11 is 0. The van der Waals surface area contributed by atoms with Gasteiger partial charge < -0.3 is 21.3 Å². The molecule has 5 nitrogen and oxygen atoms in total. The van der Waals surface area contributed by atoms with Gasteiger partial charge in [0.25, 0.3) is 5.91 Å². The molecular formula is C12H20N4O. The molecule has 94 valence electrons. The highest BCUT2D eigenvalue weighted by Crippen LogP contribution is 2.22. The van der Waals surface area contributed by atoms with Crippen LogP contribution in [0.4, 0.5) is 11.4 Å². The van der Waals surface area contributed by atoms with Crippen molar-refractivity contribution < 1.29 is 4.79 Å². The van der Waals surface area contributed by atoms with Crippen LogP contribution in [0.3, 0.4) is 0 Å². The van der Waals surface area contributed by atoms with Gasteiger partial charge in [-0.1, -0.05) is 0 Å². The van der Waals surface area contributed by atoms with Gasteiger partial charge in [0.15, 0.2) is 0 Å². The van der Waals surface area contributed by atoms with Crippen molar-refractivity contribution in [1.82, 2.24) is 4.90 Å². The molecule has 1 aromatic rings. The Morgan fingerprint density at radius 3 is 2.41 bits per heavy atom. The highest BCUT2D eigenvalue weighted by Gasteiger charge is 2.12. The van der Waals surface area contributed by atoms with Crippen LogP contribution in [0.5, 0.6) is 0 Å².